The van der Waals surface area contributed by atoms with Gasteiger partial charge < -0.3 is 20.3 Å². The second-order valence-corrected chi connectivity index (χ2v) is 10.7. The number of aryl methyl sites for hydroxylation is 1. The molecule has 2 amide bonds. The lowest BCUT2D eigenvalue weighted by Crippen LogP contribution is -2.33. The third-order valence-electron chi connectivity index (χ3n) is 7.03. The molecular weight excluding hydrogens is 515 g/mol. The number of hydrogen-bond donors (Lipinski definition) is 2. The van der Waals surface area contributed by atoms with Crippen molar-refractivity contribution in [2.75, 3.05) is 35.3 Å². The van der Waals surface area contributed by atoms with Crippen LogP contribution in [0.5, 0.6) is 0 Å². The van der Waals surface area contributed by atoms with Gasteiger partial charge >= 0.3 is 0 Å². The van der Waals surface area contributed by atoms with Crippen LogP contribution in [0.15, 0.2) is 66.7 Å². The molecule has 9 heteroatoms. The Labute approximate surface area is 229 Å². The fourth-order valence-electron chi connectivity index (χ4n) is 5.01. The summed E-state index contributed by atoms with van der Waals surface area (Å²) in [6.07, 6.45) is 1.47. The third kappa shape index (κ3) is 5.03. The maximum Gasteiger partial charge on any atom is 0.276 e. The minimum absolute atomic E-state index is 0.183. The zero-order chi connectivity index (χ0) is 26.9. The van der Waals surface area contributed by atoms with Crippen molar-refractivity contribution in [1.29, 1.82) is 0 Å². The average Bonchev–Trinajstić information content (AvgIpc) is 3.59. The van der Waals surface area contributed by atoms with Gasteiger partial charge in [-0.15, -0.1) is 11.3 Å². The molecule has 1 saturated heterocycles. The van der Waals surface area contributed by atoms with Gasteiger partial charge in [-0.1, -0.05) is 36.4 Å². The highest BCUT2D eigenvalue weighted by Gasteiger charge is 2.28. The Morgan fingerprint density at radius 1 is 1.10 bits per heavy atom. The highest BCUT2D eigenvalue weighted by molar-refractivity contribution is 7.17. The van der Waals surface area contributed by atoms with Gasteiger partial charge in [-0.2, -0.15) is 0 Å². The molecule has 1 fully saturated rings. The molecule has 0 aliphatic carbocycles. The summed E-state index contributed by atoms with van der Waals surface area (Å²) in [5, 5.41) is 6.09. The first kappa shape index (κ1) is 25.2. The number of aromatic nitrogens is 1. The topological polar surface area (TPSA) is 83.6 Å². The summed E-state index contributed by atoms with van der Waals surface area (Å²) in [5.74, 6) is -0.352. The number of amides is 2. The number of nitrogens with one attached hydrogen (secondary N) is 2. The summed E-state index contributed by atoms with van der Waals surface area (Å²) in [6.45, 7) is 3.54. The minimum Gasteiger partial charge on any atom is -0.379 e. The van der Waals surface area contributed by atoms with Gasteiger partial charge in [0.05, 0.1) is 28.9 Å². The number of hydrogen-bond acceptors (Lipinski definition) is 6. The Balaban J connectivity index is 1.28. The fourth-order valence-corrected chi connectivity index (χ4v) is 6.15. The monoisotopic (exact) mass is 542 g/mol. The smallest absolute Gasteiger partial charge is 0.276 e. The van der Waals surface area contributed by atoms with Gasteiger partial charge in [-0.05, 0) is 61.2 Å². The number of fused-ring (bicyclic) bond motifs is 3. The lowest BCUT2D eigenvalue weighted by atomic mass is 10.1. The molecule has 2 aromatic heterocycles. The van der Waals surface area contributed by atoms with Gasteiger partial charge in [0, 0.05) is 23.6 Å². The molecule has 0 radical (unpaired) electrons. The van der Waals surface area contributed by atoms with Gasteiger partial charge in [-0.3, -0.25) is 9.59 Å². The highest BCUT2D eigenvalue weighted by Crippen LogP contribution is 2.42. The van der Waals surface area contributed by atoms with E-state index in [1.54, 1.807) is 30.0 Å². The summed E-state index contributed by atoms with van der Waals surface area (Å²) < 4.78 is 19.8. The maximum absolute atomic E-state index is 14.3. The van der Waals surface area contributed by atoms with E-state index in [2.05, 4.69) is 15.6 Å². The molecule has 7 nitrogen and oxygen atoms in total. The third-order valence-corrected chi connectivity index (χ3v) is 8.24. The first-order valence-electron chi connectivity index (χ1n) is 12.9. The summed E-state index contributed by atoms with van der Waals surface area (Å²) in [7, 11) is 0. The Kier molecular flexibility index (Phi) is 6.85. The number of para-hydroxylation sites is 2. The molecule has 4 heterocycles. The van der Waals surface area contributed by atoms with Crippen molar-refractivity contribution >= 4 is 40.3 Å². The van der Waals surface area contributed by atoms with E-state index in [0.717, 1.165) is 34.7 Å². The van der Waals surface area contributed by atoms with Crippen LogP contribution in [-0.2, 0) is 11.2 Å². The standard InChI is InChI=1S/C30H27FN4O3S/c1-18-6-4-8-22(31)27(18)34-29(36)25-16-19-12-14-35(24-10-3-2-7-21(24)28(19)39-25)30(37)23-9-5-11-26(33-23)32-20-13-15-38-17-20/h2-11,16,20H,12-15,17H2,1H3,(H,32,33)(H,34,36). The number of carbonyl (C=O) groups excluding carboxylic acids is 2. The zero-order valence-electron chi connectivity index (χ0n) is 21.4. The van der Waals surface area contributed by atoms with Gasteiger partial charge in [0.1, 0.15) is 17.3 Å². The van der Waals surface area contributed by atoms with Crippen molar-refractivity contribution in [2.24, 2.45) is 0 Å². The van der Waals surface area contributed by atoms with Gasteiger partial charge in [0.15, 0.2) is 0 Å². The van der Waals surface area contributed by atoms with Crippen molar-refractivity contribution in [3.63, 3.8) is 0 Å². The Bertz CT molecular complexity index is 1540. The van der Waals surface area contributed by atoms with Crippen molar-refractivity contribution in [1.82, 2.24) is 4.98 Å². The lowest BCUT2D eigenvalue weighted by Gasteiger charge is -2.23. The van der Waals surface area contributed by atoms with E-state index >= 15 is 0 Å². The first-order valence-corrected chi connectivity index (χ1v) is 13.7. The van der Waals surface area contributed by atoms with Crippen LogP contribution in [0, 0.1) is 12.7 Å². The van der Waals surface area contributed by atoms with Gasteiger partial charge in [0.2, 0.25) is 0 Å². The van der Waals surface area contributed by atoms with Gasteiger partial charge in [-0.25, -0.2) is 9.37 Å². The number of ether oxygens (including phenoxy) is 1. The number of anilines is 3. The summed E-state index contributed by atoms with van der Waals surface area (Å²) in [4.78, 5) is 34.6. The van der Waals surface area contributed by atoms with Crippen LogP contribution in [0.1, 0.15) is 37.7 Å². The van der Waals surface area contributed by atoms with E-state index in [1.807, 2.05) is 42.5 Å². The molecule has 2 aromatic carbocycles. The van der Waals surface area contributed by atoms with E-state index in [9.17, 15) is 14.0 Å². The SMILES string of the molecule is Cc1cccc(F)c1NC(=O)c1cc2c(s1)-c1ccccc1N(C(=O)c1cccc(NC3CCOC3)n1)CC2. The number of benzene rings is 2. The molecule has 1 unspecified atom stereocenters. The zero-order valence-corrected chi connectivity index (χ0v) is 22.2. The van der Waals surface area contributed by atoms with E-state index in [-0.39, 0.29) is 23.5 Å². The Morgan fingerprint density at radius 2 is 1.95 bits per heavy atom. The molecule has 0 bridgehead atoms. The molecule has 6 rings (SSSR count). The van der Waals surface area contributed by atoms with Crippen LogP contribution in [0.4, 0.5) is 21.6 Å². The van der Waals surface area contributed by atoms with Crippen LogP contribution in [0.25, 0.3) is 10.4 Å². The molecule has 2 N–H and O–H groups in total. The molecule has 2 aliphatic rings. The van der Waals surface area contributed by atoms with Gasteiger partial charge in [0.25, 0.3) is 11.8 Å². The van der Waals surface area contributed by atoms with Crippen LogP contribution >= 0.6 is 11.3 Å². The predicted octanol–water partition coefficient (Wildman–Crippen LogP) is 5.91. The molecule has 0 saturated carbocycles. The minimum atomic E-state index is -0.467. The van der Waals surface area contributed by atoms with Crippen molar-refractivity contribution < 1.29 is 18.7 Å². The summed E-state index contributed by atoms with van der Waals surface area (Å²) >= 11 is 1.35. The highest BCUT2D eigenvalue weighted by atomic mass is 32.1. The van der Waals surface area contributed by atoms with E-state index in [0.29, 0.717) is 41.5 Å². The van der Waals surface area contributed by atoms with Crippen LogP contribution < -0.4 is 15.5 Å². The second kappa shape index (κ2) is 10.6. The number of rotatable bonds is 5. The number of carbonyl (C=O) groups is 2. The van der Waals surface area contributed by atoms with Crippen LogP contribution in [0.2, 0.25) is 0 Å². The summed E-state index contributed by atoms with van der Waals surface area (Å²) in [6, 6.07) is 19.9. The Hall–Kier alpha value is -4.08. The van der Waals surface area contributed by atoms with E-state index in [1.165, 1.54) is 17.4 Å². The van der Waals surface area contributed by atoms with Crippen molar-refractivity contribution in [3.05, 3.63) is 94.2 Å². The first-order chi connectivity index (χ1) is 19.0. The quantitative estimate of drug-likeness (QED) is 0.327. The van der Waals surface area contributed by atoms with Crippen LogP contribution in [-0.4, -0.2) is 42.6 Å². The normalized spacial score (nSPS) is 16.3. The molecular formula is C30H27FN4O3S. The van der Waals surface area contributed by atoms with E-state index < -0.39 is 5.82 Å². The Morgan fingerprint density at radius 3 is 2.77 bits per heavy atom. The lowest BCUT2D eigenvalue weighted by molar-refractivity contribution is 0.0981. The number of nitrogens with zero attached hydrogens (tertiary/aromatic N) is 2. The maximum atomic E-state index is 14.3. The molecule has 198 valence electrons. The van der Waals surface area contributed by atoms with Crippen molar-refractivity contribution in [3.8, 4) is 10.4 Å². The predicted molar refractivity (Wildman–Crippen MR) is 151 cm³/mol. The molecule has 1 atom stereocenters. The number of thiophene rings is 1. The molecule has 39 heavy (non-hydrogen) atoms. The van der Waals surface area contributed by atoms with E-state index in [4.69, 9.17) is 4.74 Å². The molecule has 2 aliphatic heterocycles. The molecule has 0 spiro atoms. The fraction of sp³-hybridized carbons (Fsp3) is 0.233. The second-order valence-electron chi connectivity index (χ2n) is 9.69. The number of pyridine rings is 1. The van der Waals surface area contributed by atoms with Crippen molar-refractivity contribution in [2.45, 2.75) is 25.8 Å². The summed E-state index contributed by atoms with van der Waals surface area (Å²) in [5.41, 5.74) is 3.83. The molecule has 4 aromatic rings. The number of halogens is 1. The van der Waals surface area contributed by atoms with Crippen LogP contribution in [0.3, 0.4) is 0 Å². The largest absolute Gasteiger partial charge is 0.379 e. The average molecular weight is 543 g/mol.